The second-order valence-corrected chi connectivity index (χ2v) is 8.62. The van der Waals surface area contributed by atoms with Crippen molar-refractivity contribution in [3.63, 3.8) is 0 Å². The van der Waals surface area contributed by atoms with Crippen LogP contribution in [0.5, 0.6) is 5.75 Å². The van der Waals surface area contributed by atoms with Gasteiger partial charge in [-0.1, -0.05) is 12.1 Å². The smallest absolute Gasteiger partial charge is 0.264 e. The first kappa shape index (κ1) is 21.3. The van der Waals surface area contributed by atoms with Crippen LogP contribution in [0.15, 0.2) is 77.8 Å². The van der Waals surface area contributed by atoms with Crippen LogP contribution in [0.1, 0.15) is 29.0 Å². The van der Waals surface area contributed by atoms with Gasteiger partial charge in [0.05, 0.1) is 29.4 Å². The summed E-state index contributed by atoms with van der Waals surface area (Å²) in [6, 6.07) is 17.8. The van der Waals surface area contributed by atoms with Gasteiger partial charge < -0.3 is 10.1 Å². The van der Waals surface area contributed by atoms with Crippen molar-refractivity contribution < 1.29 is 17.9 Å². The maximum Gasteiger partial charge on any atom is 0.264 e. The number of hydrogen-bond donors (Lipinski definition) is 1. The number of rotatable bonds is 7. The van der Waals surface area contributed by atoms with Crippen molar-refractivity contribution >= 4 is 21.6 Å². The molecule has 1 aromatic heterocycles. The maximum atomic E-state index is 13.1. The number of methoxy groups -OCH3 is 1. The molecule has 1 N–H and O–H groups in total. The number of amides is 1. The fraction of sp³-hybridized carbons (Fsp3) is 0.182. The lowest BCUT2D eigenvalue weighted by Crippen LogP contribution is -2.29. The summed E-state index contributed by atoms with van der Waals surface area (Å²) < 4.78 is 32.4. The number of pyridine rings is 1. The van der Waals surface area contributed by atoms with Gasteiger partial charge in [-0.05, 0) is 61.5 Å². The predicted molar refractivity (Wildman–Crippen MR) is 115 cm³/mol. The summed E-state index contributed by atoms with van der Waals surface area (Å²) in [6.45, 7) is 1.82. The highest BCUT2D eigenvalue weighted by Crippen LogP contribution is 2.25. The van der Waals surface area contributed by atoms with E-state index in [0.717, 1.165) is 0 Å². The van der Waals surface area contributed by atoms with E-state index in [4.69, 9.17) is 4.74 Å². The van der Waals surface area contributed by atoms with Gasteiger partial charge in [0.1, 0.15) is 5.75 Å². The molecule has 8 heteroatoms. The minimum atomic E-state index is -3.85. The maximum absolute atomic E-state index is 13.1. The fourth-order valence-corrected chi connectivity index (χ4v) is 4.11. The number of hydrogen-bond acceptors (Lipinski definition) is 5. The number of aromatic nitrogens is 1. The van der Waals surface area contributed by atoms with Gasteiger partial charge >= 0.3 is 0 Å². The van der Waals surface area contributed by atoms with Gasteiger partial charge in [-0.2, -0.15) is 0 Å². The van der Waals surface area contributed by atoms with Gasteiger partial charge in [0.15, 0.2) is 0 Å². The Labute approximate surface area is 176 Å². The molecule has 3 aromatic rings. The molecule has 7 nitrogen and oxygen atoms in total. The van der Waals surface area contributed by atoms with Crippen LogP contribution >= 0.6 is 0 Å². The molecule has 0 saturated heterocycles. The van der Waals surface area contributed by atoms with Crippen molar-refractivity contribution in [1.82, 2.24) is 10.3 Å². The largest absolute Gasteiger partial charge is 0.497 e. The first-order valence-corrected chi connectivity index (χ1v) is 10.7. The van der Waals surface area contributed by atoms with Crippen LogP contribution in [0.25, 0.3) is 0 Å². The molecule has 156 valence electrons. The molecule has 1 atom stereocenters. The summed E-state index contributed by atoms with van der Waals surface area (Å²) in [6.07, 6.45) is 1.65. The topological polar surface area (TPSA) is 88.6 Å². The van der Waals surface area contributed by atoms with Crippen molar-refractivity contribution in [3.05, 3.63) is 84.2 Å². The third-order valence-corrected chi connectivity index (χ3v) is 6.45. The second-order valence-electron chi connectivity index (χ2n) is 6.65. The minimum absolute atomic E-state index is 0.0268. The second kappa shape index (κ2) is 8.96. The molecule has 3 rings (SSSR count). The van der Waals surface area contributed by atoms with Gasteiger partial charge in [0, 0.05) is 18.8 Å². The average molecular weight is 426 g/mol. The highest BCUT2D eigenvalue weighted by Gasteiger charge is 2.23. The lowest BCUT2D eigenvalue weighted by Gasteiger charge is -2.20. The number of carbonyl (C=O) groups is 1. The first-order valence-electron chi connectivity index (χ1n) is 9.28. The molecule has 2 aromatic carbocycles. The van der Waals surface area contributed by atoms with E-state index < -0.39 is 10.0 Å². The molecule has 0 spiro atoms. The molecule has 0 aliphatic carbocycles. The highest BCUT2D eigenvalue weighted by atomic mass is 32.2. The van der Waals surface area contributed by atoms with Gasteiger partial charge in [0.2, 0.25) is 0 Å². The van der Waals surface area contributed by atoms with Crippen molar-refractivity contribution in [1.29, 1.82) is 0 Å². The number of benzene rings is 2. The highest BCUT2D eigenvalue weighted by molar-refractivity contribution is 7.92. The zero-order valence-corrected chi connectivity index (χ0v) is 17.8. The molecule has 1 amide bonds. The molecule has 0 aliphatic rings. The monoisotopic (exact) mass is 425 g/mol. The van der Waals surface area contributed by atoms with Crippen molar-refractivity contribution in [2.75, 3.05) is 18.5 Å². The minimum Gasteiger partial charge on any atom is -0.497 e. The molecule has 0 fully saturated rings. The summed E-state index contributed by atoms with van der Waals surface area (Å²) in [5.41, 5.74) is 1.45. The Hall–Kier alpha value is -3.39. The quantitative estimate of drug-likeness (QED) is 0.627. The molecule has 0 aliphatic heterocycles. The molecule has 0 radical (unpaired) electrons. The van der Waals surface area contributed by atoms with Gasteiger partial charge in [-0.3, -0.25) is 14.1 Å². The average Bonchev–Trinajstić information content (AvgIpc) is 2.79. The molecule has 1 unspecified atom stereocenters. The number of nitrogens with zero attached hydrogens (tertiary/aromatic N) is 2. The van der Waals surface area contributed by atoms with Crippen LogP contribution in [-0.4, -0.2) is 33.5 Å². The normalized spacial score (nSPS) is 12.1. The third-order valence-electron chi connectivity index (χ3n) is 4.67. The van der Waals surface area contributed by atoms with E-state index >= 15 is 0 Å². The van der Waals surface area contributed by atoms with Crippen LogP contribution in [0, 0.1) is 0 Å². The van der Waals surface area contributed by atoms with Crippen LogP contribution in [0.2, 0.25) is 0 Å². The summed E-state index contributed by atoms with van der Waals surface area (Å²) in [4.78, 5) is 16.9. The molecule has 1 heterocycles. The first-order chi connectivity index (χ1) is 14.3. The predicted octanol–water partition coefficient (Wildman–Crippen LogP) is 3.41. The Morgan fingerprint density at radius 1 is 1.07 bits per heavy atom. The Morgan fingerprint density at radius 3 is 2.43 bits per heavy atom. The van der Waals surface area contributed by atoms with E-state index in [2.05, 4.69) is 10.3 Å². The molecular formula is C22H23N3O4S. The Kier molecular flexibility index (Phi) is 6.37. The summed E-state index contributed by atoms with van der Waals surface area (Å²) in [7, 11) is -0.840. The summed E-state index contributed by atoms with van der Waals surface area (Å²) in [5.74, 6) is 0.252. The number of carbonyl (C=O) groups excluding carboxylic acids is 1. The van der Waals surface area contributed by atoms with Gasteiger partial charge in [0.25, 0.3) is 15.9 Å². The van der Waals surface area contributed by atoms with Crippen molar-refractivity contribution in [2.24, 2.45) is 0 Å². The van der Waals surface area contributed by atoms with Gasteiger partial charge in [-0.15, -0.1) is 0 Å². The molecule has 0 saturated carbocycles. The lowest BCUT2D eigenvalue weighted by molar-refractivity contribution is 0.0939. The SMILES string of the molecule is COc1ccc(N(C)S(=O)(=O)c2cccc(C(=O)NC(C)c3ccccn3)c2)cc1. The van der Waals surface area contributed by atoms with Gasteiger partial charge in [-0.25, -0.2) is 8.42 Å². The molecule has 30 heavy (non-hydrogen) atoms. The third kappa shape index (κ3) is 4.60. The van der Waals surface area contributed by atoms with E-state index in [1.54, 1.807) is 55.8 Å². The zero-order chi connectivity index (χ0) is 21.7. The Bertz CT molecular complexity index is 1120. The number of anilines is 1. The zero-order valence-electron chi connectivity index (χ0n) is 16.9. The summed E-state index contributed by atoms with van der Waals surface area (Å²) >= 11 is 0. The lowest BCUT2D eigenvalue weighted by atomic mass is 10.1. The summed E-state index contributed by atoms with van der Waals surface area (Å²) in [5, 5.41) is 2.84. The Balaban J connectivity index is 1.81. The van der Waals surface area contributed by atoms with Crippen molar-refractivity contribution in [3.8, 4) is 5.75 Å². The fourth-order valence-electron chi connectivity index (χ4n) is 2.87. The van der Waals surface area contributed by atoms with Crippen molar-refractivity contribution in [2.45, 2.75) is 17.9 Å². The van der Waals surface area contributed by atoms with E-state index in [0.29, 0.717) is 17.1 Å². The van der Waals surface area contributed by atoms with Crippen LogP contribution in [0.3, 0.4) is 0 Å². The number of ether oxygens (including phenoxy) is 1. The van der Waals surface area contributed by atoms with Crippen LogP contribution in [0.4, 0.5) is 5.69 Å². The Morgan fingerprint density at radius 2 is 1.80 bits per heavy atom. The standard InChI is InChI=1S/C22H23N3O4S/c1-16(21-9-4-5-14-23-21)24-22(26)17-7-6-8-20(15-17)30(27,28)25(2)18-10-12-19(29-3)13-11-18/h4-16H,1-3H3,(H,24,26). The van der Waals surface area contributed by atoms with Crippen LogP contribution < -0.4 is 14.4 Å². The van der Waals surface area contributed by atoms with Crippen LogP contribution in [-0.2, 0) is 10.0 Å². The van der Waals surface area contributed by atoms with E-state index in [1.807, 2.05) is 19.1 Å². The van der Waals surface area contributed by atoms with E-state index in [1.165, 1.54) is 23.5 Å². The van der Waals surface area contributed by atoms with E-state index in [9.17, 15) is 13.2 Å². The molecular weight excluding hydrogens is 402 g/mol. The molecule has 0 bridgehead atoms. The number of sulfonamides is 1. The van der Waals surface area contributed by atoms with E-state index in [-0.39, 0.29) is 22.4 Å². The number of nitrogens with one attached hydrogen (secondary N) is 1.